The van der Waals surface area contributed by atoms with Crippen LogP contribution >= 0.6 is 0 Å². The number of amides is 1. The van der Waals surface area contributed by atoms with Gasteiger partial charge in [0.25, 0.3) is 12.3 Å². The summed E-state index contributed by atoms with van der Waals surface area (Å²) >= 11 is 0. The molecule has 0 aliphatic heterocycles. The highest BCUT2D eigenvalue weighted by atomic mass is 19.3. The second-order valence-corrected chi connectivity index (χ2v) is 4.71. The predicted molar refractivity (Wildman–Crippen MR) is 77.0 cm³/mol. The first kappa shape index (κ1) is 15.0. The van der Waals surface area contributed by atoms with E-state index in [1.807, 2.05) is 25.1 Å². The van der Waals surface area contributed by atoms with E-state index in [1.165, 1.54) is 12.3 Å². The number of rotatable bonds is 5. The number of benzene rings is 1. The van der Waals surface area contributed by atoms with E-state index >= 15 is 0 Å². The Kier molecular flexibility index (Phi) is 4.52. The number of anilines is 2. The third kappa shape index (κ3) is 4.01. The molecule has 2 aromatic rings. The Labute approximate surface area is 121 Å². The Balaban J connectivity index is 2.07. The molecule has 0 radical (unpaired) electrons. The average Bonchev–Trinajstić information content (AvgIpc) is 2.85. The van der Waals surface area contributed by atoms with Crippen LogP contribution in [0.4, 0.5) is 20.3 Å². The first-order valence-corrected chi connectivity index (χ1v) is 6.36. The molecule has 0 fully saturated rings. The van der Waals surface area contributed by atoms with Crippen molar-refractivity contribution in [2.75, 3.05) is 24.3 Å². The third-order valence-corrected chi connectivity index (χ3v) is 2.83. The van der Waals surface area contributed by atoms with Crippen molar-refractivity contribution in [3.63, 3.8) is 0 Å². The highest BCUT2D eigenvalue weighted by Gasteiger charge is 2.10. The number of halogens is 2. The maximum atomic E-state index is 12.2. The van der Waals surface area contributed by atoms with Crippen molar-refractivity contribution in [1.82, 2.24) is 9.78 Å². The third-order valence-electron chi connectivity index (χ3n) is 2.83. The van der Waals surface area contributed by atoms with Gasteiger partial charge in [0.2, 0.25) is 0 Å². The van der Waals surface area contributed by atoms with Crippen molar-refractivity contribution in [2.24, 2.45) is 0 Å². The molecule has 21 heavy (non-hydrogen) atoms. The van der Waals surface area contributed by atoms with Gasteiger partial charge in [-0.05, 0) is 18.2 Å². The smallest absolute Gasteiger partial charge is 0.257 e. The van der Waals surface area contributed by atoms with E-state index in [4.69, 9.17) is 0 Å². The van der Waals surface area contributed by atoms with Crippen LogP contribution in [0.2, 0.25) is 0 Å². The zero-order valence-corrected chi connectivity index (χ0v) is 11.8. The summed E-state index contributed by atoms with van der Waals surface area (Å²) in [4.78, 5) is 14.0. The Morgan fingerprint density at radius 3 is 2.81 bits per heavy atom. The molecule has 0 saturated carbocycles. The van der Waals surface area contributed by atoms with Gasteiger partial charge >= 0.3 is 0 Å². The van der Waals surface area contributed by atoms with Crippen molar-refractivity contribution >= 4 is 17.4 Å². The van der Waals surface area contributed by atoms with E-state index in [9.17, 15) is 13.6 Å². The van der Waals surface area contributed by atoms with E-state index < -0.39 is 13.0 Å². The first-order valence-electron chi connectivity index (χ1n) is 6.36. The van der Waals surface area contributed by atoms with Crippen LogP contribution in [0.1, 0.15) is 10.4 Å². The summed E-state index contributed by atoms with van der Waals surface area (Å²) in [5, 5.41) is 6.45. The molecule has 1 amide bonds. The molecule has 0 atom stereocenters. The van der Waals surface area contributed by atoms with Gasteiger partial charge in [-0.15, -0.1) is 0 Å². The number of aromatic nitrogens is 2. The van der Waals surface area contributed by atoms with Crippen LogP contribution in [0.5, 0.6) is 0 Å². The lowest BCUT2D eigenvalue weighted by molar-refractivity contribution is 0.102. The second-order valence-electron chi connectivity index (χ2n) is 4.71. The maximum absolute atomic E-state index is 12.2. The summed E-state index contributed by atoms with van der Waals surface area (Å²) in [6.07, 6.45) is -1.08. The van der Waals surface area contributed by atoms with Crippen LogP contribution in [-0.2, 0) is 6.54 Å². The van der Waals surface area contributed by atoms with E-state index in [2.05, 4.69) is 10.4 Å². The maximum Gasteiger partial charge on any atom is 0.257 e. The van der Waals surface area contributed by atoms with Gasteiger partial charge in [-0.1, -0.05) is 6.07 Å². The fraction of sp³-hybridized carbons (Fsp3) is 0.286. The Morgan fingerprint density at radius 1 is 1.38 bits per heavy atom. The minimum Gasteiger partial charge on any atom is -0.378 e. The first-order chi connectivity index (χ1) is 9.95. The van der Waals surface area contributed by atoms with Crippen LogP contribution in [0.3, 0.4) is 0 Å². The number of carbonyl (C=O) groups is 1. The molecule has 1 aromatic heterocycles. The molecule has 1 heterocycles. The van der Waals surface area contributed by atoms with Crippen molar-refractivity contribution < 1.29 is 13.6 Å². The lowest BCUT2D eigenvalue weighted by atomic mass is 10.2. The van der Waals surface area contributed by atoms with Gasteiger partial charge in [-0.3, -0.25) is 9.48 Å². The molecule has 0 unspecified atom stereocenters. The second kappa shape index (κ2) is 6.34. The van der Waals surface area contributed by atoms with Gasteiger partial charge in [0.15, 0.2) is 5.82 Å². The molecular formula is C14H16F2N4O. The predicted octanol–water partition coefficient (Wildman–Crippen LogP) is 2.47. The van der Waals surface area contributed by atoms with Crippen molar-refractivity contribution in [1.29, 1.82) is 0 Å². The van der Waals surface area contributed by atoms with Gasteiger partial charge in [0, 0.05) is 37.6 Å². The van der Waals surface area contributed by atoms with Gasteiger partial charge < -0.3 is 10.2 Å². The van der Waals surface area contributed by atoms with E-state index in [1.54, 1.807) is 18.2 Å². The minimum atomic E-state index is -2.48. The lowest BCUT2D eigenvalue weighted by Gasteiger charge is -2.13. The lowest BCUT2D eigenvalue weighted by Crippen LogP contribution is -2.15. The molecule has 0 spiro atoms. The zero-order valence-electron chi connectivity index (χ0n) is 11.8. The number of alkyl halides is 2. The van der Waals surface area contributed by atoms with Crippen LogP contribution in [-0.4, -0.2) is 36.2 Å². The van der Waals surface area contributed by atoms with Crippen LogP contribution < -0.4 is 10.2 Å². The van der Waals surface area contributed by atoms with Crippen LogP contribution in [0.15, 0.2) is 36.5 Å². The van der Waals surface area contributed by atoms with E-state index in [0.717, 1.165) is 10.4 Å². The minimum absolute atomic E-state index is 0.246. The molecule has 0 aliphatic carbocycles. The van der Waals surface area contributed by atoms with E-state index in [0.29, 0.717) is 5.56 Å². The number of carbonyl (C=O) groups excluding carboxylic acids is 1. The number of hydrogen-bond acceptors (Lipinski definition) is 3. The monoisotopic (exact) mass is 294 g/mol. The van der Waals surface area contributed by atoms with Gasteiger partial charge in [0.05, 0.1) is 0 Å². The Bertz CT molecular complexity index is 625. The molecule has 112 valence electrons. The summed E-state index contributed by atoms with van der Waals surface area (Å²) < 4.78 is 25.5. The molecule has 0 aliphatic rings. The molecule has 5 nitrogen and oxygen atoms in total. The quantitative estimate of drug-likeness (QED) is 0.921. The molecule has 7 heteroatoms. The molecular weight excluding hydrogens is 278 g/mol. The van der Waals surface area contributed by atoms with Gasteiger partial charge in [0.1, 0.15) is 6.54 Å². The van der Waals surface area contributed by atoms with Crippen molar-refractivity contribution in [2.45, 2.75) is 13.0 Å². The molecule has 1 aromatic carbocycles. The summed E-state index contributed by atoms with van der Waals surface area (Å²) in [7, 11) is 3.76. The Morgan fingerprint density at radius 2 is 2.14 bits per heavy atom. The van der Waals surface area contributed by atoms with Crippen LogP contribution in [0, 0.1) is 0 Å². The SMILES string of the molecule is CN(C)c1cccc(C(=O)Nc2ccn(CC(F)F)n2)c1. The largest absolute Gasteiger partial charge is 0.378 e. The average molecular weight is 294 g/mol. The highest BCUT2D eigenvalue weighted by Crippen LogP contribution is 2.15. The Hall–Kier alpha value is -2.44. The summed E-state index contributed by atoms with van der Waals surface area (Å²) in [5.41, 5.74) is 1.37. The fourth-order valence-electron chi connectivity index (χ4n) is 1.79. The van der Waals surface area contributed by atoms with E-state index in [-0.39, 0.29) is 11.7 Å². The topological polar surface area (TPSA) is 50.2 Å². The summed E-state index contributed by atoms with van der Waals surface area (Å²) in [5.74, 6) is -0.0862. The van der Waals surface area contributed by atoms with Gasteiger partial charge in [-0.25, -0.2) is 8.78 Å². The zero-order chi connectivity index (χ0) is 15.4. The molecule has 2 rings (SSSR count). The molecule has 0 saturated heterocycles. The molecule has 1 N–H and O–H groups in total. The summed E-state index contributed by atoms with van der Waals surface area (Å²) in [6.45, 7) is -0.494. The number of nitrogens with zero attached hydrogens (tertiary/aromatic N) is 3. The number of nitrogens with one attached hydrogen (secondary N) is 1. The van der Waals surface area contributed by atoms with Crippen molar-refractivity contribution in [3.05, 3.63) is 42.1 Å². The molecule has 0 bridgehead atoms. The normalized spacial score (nSPS) is 10.7. The van der Waals surface area contributed by atoms with Gasteiger partial charge in [-0.2, -0.15) is 5.10 Å². The highest BCUT2D eigenvalue weighted by molar-refractivity contribution is 6.04. The standard InChI is InChI=1S/C14H16F2N4O/c1-19(2)11-5-3-4-10(8-11)14(21)17-13-6-7-20(18-13)9-12(15)16/h3-8,12H,9H2,1-2H3,(H,17,18,21). The van der Waals surface area contributed by atoms with Crippen LogP contribution in [0.25, 0.3) is 0 Å². The number of hydrogen-bond donors (Lipinski definition) is 1. The summed E-state index contributed by atoms with van der Waals surface area (Å²) in [6, 6.07) is 8.56. The fourth-order valence-corrected chi connectivity index (χ4v) is 1.79. The van der Waals surface area contributed by atoms with Crippen molar-refractivity contribution in [3.8, 4) is 0 Å².